The standard InChI is InChI=1S/C23H28N4O3/c1-2-4-22(28)26-12-10-21(16-26)30-20-8-6-19(7-9-20)25-23(29)27-14-18(15-27)17-5-3-11-24-13-17/h3,5-9,11,13,18,21H,2,4,10,12,14-16H2,1H3,(H,25,29)/t21-/m0/s1. The molecule has 0 aliphatic carbocycles. The van der Waals surface area contributed by atoms with Crippen LogP contribution in [-0.4, -0.2) is 59.0 Å². The van der Waals surface area contributed by atoms with Gasteiger partial charge in [0.15, 0.2) is 0 Å². The highest BCUT2D eigenvalue weighted by atomic mass is 16.5. The molecule has 1 aromatic carbocycles. The van der Waals surface area contributed by atoms with Crippen LogP contribution in [0.1, 0.15) is 37.7 Å². The van der Waals surface area contributed by atoms with Crippen molar-refractivity contribution in [1.82, 2.24) is 14.8 Å². The molecule has 2 fully saturated rings. The molecule has 7 heteroatoms. The zero-order chi connectivity index (χ0) is 20.9. The largest absolute Gasteiger partial charge is 0.489 e. The van der Waals surface area contributed by atoms with Gasteiger partial charge < -0.3 is 19.9 Å². The van der Waals surface area contributed by atoms with Crippen molar-refractivity contribution >= 4 is 17.6 Å². The Kier molecular flexibility index (Phi) is 6.16. The molecule has 0 spiro atoms. The van der Waals surface area contributed by atoms with Crippen LogP contribution in [0.25, 0.3) is 0 Å². The number of rotatable bonds is 6. The molecule has 2 aliphatic heterocycles. The molecule has 2 aliphatic rings. The maximum Gasteiger partial charge on any atom is 0.321 e. The number of likely N-dealkylation sites (tertiary alicyclic amines) is 2. The van der Waals surface area contributed by atoms with E-state index in [9.17, 15) is 9.59 Å². The van der Waals surface area contributed by atoms with Gasteiger partial charge in [0, 0.05) is 56.5 Å². The van der Waals surface area contributed by atoms with Crippen molar-refractivity contribution in [2.24, 2.45) is 0 Å². The summed E-state index contributed by atoms with van der Waals surface area (Å²) in [5.74, 6) is 1.32. The van der Waals surface area contributed by atoms with E-state index in [1.807, 2.05) is 48.4 Å². The number of hydrogen-bond acceptors (Lipinski definition) is 4. The number of aromatic nitrogens is 1. The van der Waals surface area contributed by atoms with Crippen molar-refractivity contribution in [3.8, 4) is 5.75 Å². The quantitative estimate of drug-likeness (QED) is 0.794. The summed E-state index contributed by atoms with van der Waals surface area (Å²) in [5.41, 5.74) is 1.91. The molecule has 0 bridgehead atoms. The Balaban J connectivity index is 1.22. The first-order valence-electron chi connectivity index (χ1n) is 10.6. The predicted octanol–water partition coefficient (Wildman–Crippen LogP) is 3.49. The van der Waals surface area contributed by atoms with E-state index in [1.165, 1.54) is 5.56 Å². The Labute approximate surface area is 177 Å². The van der Waals surface area contributed by atoms with Crippen LogP contribution in [-0.2, 0) is 4.79 Å². The van der Waals surface area contributed by atoms with Crippen molar-refractivity contribution in [2.75, 3.05) is 31.5 Å². The zero-order valence-electron chi connectivity index (χ0n) is 17.3. The van der Waals surface area contributed by atoms with E-state index >= 15 is 0 Å². The third-order valence-corrected chi connectivity index (χ3v) is 5.69. The molecule has 158 valence electrons. The lowest BCUT2D eigenvalue weighted by atomic mass is 9.93. The summed E-state index contributed by atoms with van der Waals surface area (Å²) in [4.78, 5) is 32.2. The minimum Gasteiger partial charge on any atom is -0.489 e. The molecule has 1 N–H and O–H groups in total. The van der Waals surface area contributed by atoms with Gasteiger partial charge in [-0.25, -0.2) is 4.79 Å². The van der Waals surface area contributed by atoms with Gasteiger partial charge in [0.25, 0.3) is 0 Å². The van der Waals surface area contributed by atoms with Crippen LogP contribution in [0.3, 0.4) is 0 Å². The molecule has 30 heavy (non-hydrogen) atoms. The van der Waals surface area contributed by atoms with Crippen molar-refractivity contribution in [2.45, 2.75) is 38.2 Å². The van der Waals surface area contributed by atoms with E-state index in [2.05, 4.69) is 16.4 Å². The van der Waals surface area contributed by atoms with Crippen LogP contribution in [0, 0.1) is 0 Å². The molecule has 2 saturated heterocycles. The third-order valence-electron chi connectivity index (χ3n) is 5.69. The van der Waals surface area contributed by atoms with Gasteiger partial charge in [-0.2, -0.15) is 0 Å². The highest BCUT2D eigenvalue weighted by molar-refractivity contribution is 5.90. The molecule has 2 aromatic rings. The molecule has 1 aromatic heterocycles. The number of carbonyl (C=O) groups excluding carboxylic acids is 2. The first kappa shape index (κ1) is 20.2. The molecule has 3 heterocycles. The maximum atomic E-state index is 12.4. The van der Waals surface area contributed by atoms with Crippen molar-refractivity contribution in [1.29, 1.82) is 0 Å². The first-order chi connectivity index (χ1) is 14.6. The number of hydrogen-bond donors (Lipinski definition) is 1. The first-order valence-corrected chi connectivity index (χ1v) is 10.6. The van der Waals surface area contributed by atoms with E-state index in [0.717, 1.165) is 30.8 Å². The number of pyridine rings is 1. The van der Waals surface area contributed by atoms with Crippen molar-refractivity contribution in [3.63, 3.8) is 0 Å². The third kappa shape index (κ3) is 4.72. The number of carbonyl (C=O) groups is 2. The summed E-state index contributed by atoms with van der Waals surface area (Å²) >= 11 is 0. The predicted molar refractivity (Wildman–Crippen MR) is 115 cm³/mol. The molecule has 7 nitrogen and oxygen atoms in total. The van der Waals surface area contributed by atoms with Crippen molar-refractivity contribution in [3.05, 3.63) is 54.4 Å². The molecular formula is C23H28N4O3. The summed E-state index contributed by atoms with van der Waals surface area (Å²) in [6.07, 6.45) is 5.96. The number of nitrogens with one attached hydrogen (secondary N) is 1. The maximum absolute atomic E-state index is 12.4. The van der Waals surface area contributed by atoms with E-state index in [0.29, 0.717) is 32.0 Å². The highest BCUT2D eigenvalue weighted by Gasteiger charge is 2.32. The van der Waals surface area contributed by atoms with Crippen LogP contribution in [0.4, 0.5) is 10.5 Å². The fourth-order valence-electron chi connectivity index (χ4n) is 3.91. The van der Waals surface area contributed by atoms with Crippen LogP contribution < -0.4 is 10.1 Å². The number of amides is 3. The van der Waals surface area contributed by atoms with Crippen LogP contribution >= 0.6 is 0 Å². The van der Waals surface area contributed by atoms with Gasteiger partial charge >= 0.3 is 6.03 Å². The summed E-state index contributed by atoms with van der Waals surface area (Å²) in [6, 6.07) is 11.3. The average molecular weight is 409 g/mol. The van der Waals surface area contributed by atoms with Gasteiger partial charge in [-0.1, -0.05) is 13.0 Å². The summed E-state index contributed by atoms with van der Waals surface area (Å²) in [6.45, 7) is 4.82. The Morgan fingerprint density at radius 3 is 2.63 bits per heavy atom. The lowest BCUT2D eigenvalue weighted by molar-refractivity contribution is -0.130. The molecule has 1 atom stereocenters. The van der Waals surface area contributed by atoms with Gasteiger partial charge in [-0.15, -0.1) is 0 Å². The fraction of sp³-hybridized carbons (Fsp3) is 0.435. The van der Waals surface area contributed by atoms with Crippen LogP contribution in [0.5, 0.6) is 5.75 Å². The van der Waals surface area contributed by atoms with Gasteiger partial charge in [0.1, 0.15) is 11.9 Å². The second kappa shape index (κ2) is 9.15. The zero-order valence-corrected chi connectivity index (χ0v) is 17.3. The van der Waals surface area contributed by atoms with Gasteiger partial charge in [-0.05, 0) is 42.3 Å². The Bertz CT molecular complexity index is 866. The molecular weight excluding hydrogens is 380 g/mol. The van der Waals surface area contributed by atoms with E-state index < -0.39 is 0 Å². The topological polar surface area (TPSA) is 74.8 Å². The minimum absolute atomic E-state index is 0.0248. The highest BCUT2D eigenvalue weighted by Crippen LogP contribution is 2.27. The smallest absolute Gasteiger partial charge is 0.321 e. The van der Waals surface area contributed by atoms with Crippen LogP contribution in [0.15, 0.2) is 48.8 Å². The number of urea groups is 1. The molecule has 3 amide bonds. The lowest BCUT2D eigenvalue weighted by Gasteiger charge is -2.39. The SMILES string of the molecule is CCCC(=O)N1CC[C@H](Oc2ccc(NC(=O)N3CC(c4cccnc4)C3)cc2)C1. The summed E-state index contributed by atoms with van der Waals surface area (Å²) in [7, 11) is 0. The Morgan fingerprint density at radius 2 is 1.93 bits per heavy atom. The molecule has 0 saturated carbocycles. The monoisotopic (exact) mass is 408 g/mol. The van der Waals surface area contributed by atoms with Gasteiger partial charge in [-0.3, -0.25) is 9.78 Å². The van der Waals surface area contributed by atoms with Gasteiger partial charge in [0.05, 0.1) is 6.54 Å². The Morgan fingerprint density at radius 1 is 1.13 bits per heavy atom. The summed E-state index contributed by atoms with van der Waals surface area (Å²) < 4.78 is 6.01. The number of benzene rings is 1. The van der Waals surface area contributed by atoms with E-state index in [-0.39, 0.29) is 18.0 Å². The van der Waals surface area contributed by atoms with E-state index in [1.54, 1.807) is 11.1 Å². The molecule has 4 rings (SSSR count). The van der Waals surface area contributed by atoms with Crippen molar-refractivity contribution < 1.29 is 14.3 Å². The Hall–Kier alpha value is -3.09. The van der Waals surface area contributed by atoms with Gasteiger partial charge in [0.2, 0.25) is 5.91 Å². The normalized spacial score (nSPS) is 18.8. The van der Waals surface area contributed by atoms with E-state index in [4.69, 9.17) is 4.74 Å². The average Bonchev–Trinajstić information content (AvgIpc) is 3.18. The lowest BCUT2D eigenvalue weighted by Crippen LogP contribution is -2.50. The number of anilines is 1. The second-order valence-electron chi connectivity index (χ2n) is 7.96. The van der Waals surface area contributed by atoms with Crippen LogP contribution in [0.2, 0.25) is 0 Å². The molecule has 0 radical (unpaired) electrons. The summed E-state index contributed by atoms with van der Waals surface area (Å²) in [5, 5.41) is 2.94. The minimum atomic E-state index is -0.0929. The second-order valence-corrected chi connectivity index (χ2v) is 7.96. The fourth-order valence-corrected chi connectivity index (χ4v) is 3.91. The number of nitrogens with zero attached hydrogens (tertiary/aromatic N) is 3. The molecule has 0 unspecified atom stereocenters. The number of ether oxygens (including phenoxy) is 1.